The smallest absolute Gasteiger partial charge is 0.255 e. The van der Waals surface area contributed by atoms with Crippen molar-refractivity contribution in [2.75, 3.05) is 5.32 Å². The van der Waals surface area contributed by atoms with Crippen molar-refractivity contribution in [1.29, 1.82) is 0 Å². The lowest BCUT2D eigenvalue weighted by Gasteiger charge is -2.06. The van der Waals surface area contributed by atoms with Crippen LogP contribution in [0, 0.1) is 13.8 Å². The third kappa shape index (κ3) is 3.22. The van der Waals surface area contributed by atoms with Crippen molar-refractivity contribution in [2.24, 2.45) is 0 Å². The first-order valence-electron chi connectivity index (χ1n) is 8.44. The number of amides is 1. The maximum atomic E-state index is 12.4. The van der Waals surface area contributed by atoms with Crippen LogP contribution in [0.1, 0.15) is 21.5 Å². The highest BCUT2D eigenvalue weighted by Gasteiger charge is 2.10. The topological polar surface area (TPSA) is 55.1 Å². The molecule has 0 bridgehead atoms. The minimum atomic E-state index is -0.143. The molecule has 4 aromatic rings. The molecule has 0 spiro atoms. The Morgan fingerprint density at radius 2 is 1.69 bits per heavy atom. The first-order chi connectivity index (χ1) is 12.6. The summed E-state index contributed by atoms with van der Waals surface area (Å²) in [6, 6.07) is 20.9. The Hall–Kier alpha value is -3.40. The molecule has 4 nitrogen and oxygen atoms in total. The molecule has 0 atom stereocenters. The quantitative estimate of drug-likeness (QED) is 0.545. The van der Waals surface area contributed by atoms with E-state index in [9.17, 15) is 4.79 Å². The van der Waals surface area contributed by atoms with Crippen molar-refractivity contribution >= 4 is 22.7 Å². The zero-order valence-corrected chi connectivity index (χ0v) is 14.6. The molecule has 0 aliphatic rings. The van der Waals surface area contributed by atoms with Crippen LogP contribution < -0.4 is 5.32 Å². The maximum Gasteiger partial charge on any atom is 0.255 e. The second-order valence-electron chi connectivity index (χ2n) is 6.39. The fourth-order valence-corrected chi connectivity index (χ4v) is 2.79. The molecular formula is C22H18N2O2. The number of nitrogens with one attached hydrogen (secondary N) is 1. The molecule has 4 rings (SSSR count). The molecule has 3 aromatic carbocycles. The van der Waals surface area contributed by atoms with Crippen LogP contribution in [0.3, 0.4) is 0 Å². The molecule has 0 saturated carbocycles. The number of rotatable bonds is 3. The number of anilines is 1. The van der Waals surface area contributed by atoms with E-state index < -0.39 is 0 Å². The number of oxazole rings is 1. The molecule has 1 amide bonds. The largest absolute Gasteiger partial charge is 0.436 e. The number of benzene rings is 3. The number of hydrogen-bond donors (Lipinski definition) is 1. The van der Waals surface area contributed by atoms with Crippen LogP contribution in [0.15, 0.2) is 71.1 Å². The predicted octanol–water partition coefficient (Wildman–Crippen LogP) is 5.36. The van der Waals surface area contributed by atoms with Gasteiger partial charge in [-0.25, -0.2) is 4.98 Å². The number of aryl methyl sites for hydroxylation is 2. The molecule has 0 aliphatic heterocycles. The van der Waals surface area contributed by atoms with Crippen molar-refractivity contribution in [3.05, 3.63) is 83.4 Å². The van der Waals surface area contributed by atoms with Gasteiger partial charge >= 0.3 is 0 Å². The van der Waals surface area contributed by atoms with Crippen molar-refractivity contribution in [3.8, 4) is 11.5 Å². The fourth-order valence-electron chi connectivity index (χ4n) is 2.79. The zero-order chi connectivity index (χ0) is 18.1. The molecule has 0 aliphatic carbocycles. The number of aromatic nitrogens is 1. The van der Waals surface area contributed by atoms with E-state index in [0.29, 0.717) is 17.1 Å². The van der Waals surface area contributed by atoms with Gasteiger partial charge in [0.15, 0.2) is 5.58 Å². The number of carbonyl (C=O) groups excluding carboxylic acids is 1. The van der Waals surface area contributed by atoms with Gasteiger partial charge in [-0.2, -0.15) is 0 Å². The summed E-state index contributed by atoms with van der Waals surface area (Å²) in [7, 11) is 0. The first kappa shape index (κ1) is 16.1. The summed E-state index contributed by atoms with van der Waals surface area (Å²) >= 11 is 0. The van der Waals surface area contributed by atoms with Crippen molar-refractivity contribution in [1.82, 2.24) is 4.98 Å². The summed E-state index contributed by atoms with van der Waals surface area (Å²) in [6.45, 7) is 4.01. The van der Waals surface area contributed by atoms with Crippen LogP contribution in [-0.4, -0.2) is 10.9 Å². The third-order valence-corrected chi connectivity index (χ3v) is 4.23. The van der Waals surface area contributed by atoms with Gasteiger partial charge in [-0.05, 0) is 61.9 Å². The van der Waals surface area contributed by atoms with Crippen LogP contribution in [0.5, 0.6) is 0 Å². The minimum Gasteiger partial charge on any atom is -0.436 e. The average molecular weight is 342 g/mol. The predicted molar refractivity (Wildman–Crippen MR) is 103 cm³/mol. The van der Waals surface area contributed by atoms with Gasteiger partial charge in [-0.1, -0.05) is 29.8 Å². The molecular weight excluding hydrogens is 324 g/mol. The van der Waals surface area contributed by atoms with E-state index in [0.717, 1.165) is 27.8 Å². The van der Waals surface area contributed by atoms with Crippen molar-refractivity contribution < 1.29 is 9.21 Å². The van der Waals surface area contributed by atoms with Gasteiger partial charge < -0.3 is 9.73 Å². The summed E-state index contributed by atoms with van der Waals surface area (Å²) in [4.78, 5) is 16.9. The standard InChI is InChI=1S/C22H18N2O2/c1-14-6-9-16(10-7-14)21(25)23-18-5-3-4-17(13-18)22-24-19-11-8-15(2)12-20(19)26-22/h3-13H,1-2H3,(H,23,25). The Kier molecular flexibility index (Phi) is 4.01. The lowest BCUT2D eigenvalue weighted by atomic mass is 10.1. The second-order valence-corrected chi connectivity index (χ2v) is 6.39. The second kappa shape index (κ2) is 6.48. The molecule has 0 unspecified atom stereocenters. The van der Waals surface area contributed by atoms with E-state index in [4.69, 9.17) is 4.42 Å². The molecule has 0 fully saturated rings. The van der Waals surface area contributed by atoms with Gasteiger partial charge in [0.2, 0.25) is 5.89 Å². The Balaban J connectivity index is 1.61. The van der Waals surface area contributed by atoms with Crippen molar-refractivity contribution in [2.45, 2.75) is 13.8 Å². The van der Waals surface area contributed by atoms with Gasteiger partial charge in [0, 0.05) is 16.8 Å². The molecule has 0 radical (unpaired) electrons. The van der Waals surface area contributed by atoms with E-state index in [1.54, 1.807) is 0 Å². The lowest BCUT2D eigenvalue weighted by Crippen LogP contribution is -2.11. The highest BCUT2D eigenvalue weighted by molar-refractivity contribution is 6.04. The lowest BCUT2D eigenvalue weighted by molar-refractivity contribution is 0.102. The van der Waals surface area contributed by atoms with Crippen LogP contribution in [0.25, 0.3) is 22.6 Å². The van der Waals surface area contributed by atoms with Gasteiger partial charge in [0.05, 0.1) is 0 Å². The van der Waals surface area contributed by atoms with Gasteiger partial charge in [0.25, 0.3) is 5.91 Å². The monoisotopic (exact) mass is 342 g/mol. The summed E-state index contributed by atoms with van der Waals surface area (Å²) in [5.74, 6) is 0.396. The van der Waals surface area contributed by atoms with Crippen LogP contribution in [0.2, 0.25) is 0 Å². The molecule has 1 aromatic heterocycles. The number of hydrogen-bond acceptors (Lipinski definition) is 3. The maximum absolute atomic E-state index is 12.4. The Morgan fingerprint density at radius 3 is 2.50 bits per heavy atom. The van der Waals surface area contributed by atoms with Crippen LogP contribution >= 0.6 is 0 Å². The number of carbonyl (C=O) groups is 1. The van der Waals surface area contributed by atoms with E-state index in [1.807, 2.05) is 80.6 Å². The van der Waals surface area contributed by atoms with Crippen LogP contribution in [-0.2, 0) is 0 Å². The van der Waals surface area contributed by atoms with Gasteiger partial charge in [-0.15, -0.1) is 0 Å². The molecule has 0 saturated heterocycles. The molecule has 128 valence electrons. The first-order valence-corrected chi connectivity index (χ1v) is 8.44. The van der Waals surface area contributed by atoms with E-state index >= 15 is 0 Å². The zero-order valence-electron chi connectivity index (χ0n) is 14.6. The minimum absolute atomic E-state index is 0.143. The van der Waals surface area contributed by atoms with E-state index in [-0.39, 0.29) is 5.91 Å². The summed E-state index contributed by atoms with van der Waals surface area (Å²) in [5.41, 5.74) is 5.97. The van der Waals surface area contributed by atoms with Gasteiger partial charge in [0.1, 0.15) is 5.52 Å². The van der Waals surface area contributed by atoms with E-state index in [2.05, 4.69) is 10.3 Å². The summed E-state index contributed by atoms with van der Waals surface area (Å²) < 4.78 is 5.87. The van der Waals surface area contributed by atoms with E-state index in [1.165, 1.54) is 0 Å². The number of nitrogens with zero attached hydrogens (tertiary/aromatic N) is 1. The number of fused-ring (bicyclic) bond motifs is 1. The third-order valence-electron chi connectivity index (χ3n) is 4.23. The Bertz CT molecular complexity index is 1090. The van der Waals surface area contributed by atoms with Crippen LogP contribution in [0.4, 0.5) is 5.69 Å². The summed E-state index contributed by atoms with van der Waals surface area (Å²) in [6.07, 6.45) is 0. The normalized spacial score (nSPS) is 10.8. The highest BCUT2D eigenvalue weighted by atomic mass is 16.3. The Labute approximate surface area is 151 Å². The average Bonchev–Trinajstić information content (AvgIpc) is 3.05. The summed E-state index contributed by atoms with van der Waals surface area (Å²) in [5, 5.41) is 2.92. The highest BCUT2D eigenvalue weighted by Crippen LogP contribution is 2.27. The molecule has 4 heteroatoms. The SMILES string of the molecule is Cc1ccc(C(=O)Nc2cccc(-c3nc4ccc(C)cc4o3)c2)cc1. The Morgan fingerprint density at radius 1 is 0.923 bits per heavy atom. The van der Waals surface area contributed by atoms with Gasteiger partial charge in [-0.3, -0.25) is 4.79 Å². The molecule has 26 heavy (non-hydrogen) atoms. The van der Waals surface area contributed by atoms with Crippen molar-refractivity contribution in [3.63, 3.8) is 0 Å². The molecule has 1 heterocycles. The molecule has 1 N–H and O–H groups in total. The fraction of sp³-hybridized carbons (Fsp3) is 0.0909.